The molecule has 1 N–H and O–H groups in total. The van der Waals surface area contributed by atoms with E-state index in [1.807, 2.05) is 30.3 Å². The third-order valence-electron chi connectivity index (χ3n) is 4.02. The van der Waals surface area contributed by atoms with E-state index in [9.17, 15) is 8.42 Å². The third-order valence-corrected chi connectivity index (χ3v) is 6.58. The van der Waals surface area contributed by atoms with Crippen LogP contribution in [0, 0.1) is 0 Å². The Morgan fingerprint density at radius 3 is 2.54 bits per heavy atom. The molecule has 1 saturated heterocycles. The number of hydrogen-bond donors (Lipinski definition) is 1. The zero-order valence-electron chi connectivity index (χ0n) is 13.0. The maximum atomic E-state index is 12.6. The molecule has 2 aromatic carbocycles. The van der Waals surface area contributed by atoms with Crippen LogP contribution in [0.4, 0.5) is 5.69 Å². The van der Waals surface area contributed by atoms with E-state index in [1.54, 1.807) is 18.2 Å². The van der Waals surface area contributed by atoms with Crippen molar-refractivity contribution in [3.8, 4) is 0 Å². The van der Waals surface area contributed by atoms with Crippen molar-refractivity contribution < 1.29 is 8.42 Å². The smallest absolute Gasteiger partial charge is 0.218 e. The average molecular weight is 385 g/mol. The maximum absolute atomic E-state index is 12.6. The number of hydrogen-bond acceptors (Lipinski definition) is 3. The van der Waals surface area contributed by atoms with Crippen LogP contribution in [0.2, 0.25) is 10.0 Å². The number of halogens is 2. The number of rotatable bonds is 5. The molecule has 128 valence electrons. The molecule has 1 atom stereocenters. The number of nitrogens with zero attached hydrogens (tertiary/aromatic N) is 1. The first kappa shape index (κ1) is 17.5. The van der Waals surface area contributed by atoms with Crippen LogP contribution in [0.1, 0.15) is 12.0 Å². The van der Waals surface area contributed by atoms with E-state index >= 15 is 0 Å². The van der Waals surface area contributed by atoms with Gasteiger partial charge in [0.2, 0.25) is 10.0 Å². The molecule has 24 heavy (non-hydrogen) atoms. The van der Waals surface area contributed by atoms with Gasteiger partial charge in [-0.25, -0.2) is 8.42 Å². The first-order chi connectivity index (χ1) is 11.4. The standard InChI is InChI=1S/C17H18Cl2N2O2S/c18-16-7-6-13(10-17(16)19)12-24(22,23)21-9-8-15(11-21)20-14-4-2-1-3-5-14/h1-7,10,15,20H,8-9,11-12H2. The van der Waals surface area contributed by atoms with E-state index in [-0.39, 0.29) is 11.8 Å². The van der Waals surface area contributed by atoms with Gasteiger partial charge in [-0.05, 0) is 36.2 Å². The van der Waals surface area contributed by atoms with Crippen LogP contribution in [0.15, 0.2) is 48.5 Å². The fourth-order valence-corrected chi connectivity index (χ4v) is 4.69. The fraction of sp³-hybridized carbons (Fsp3) is 0.294. The van der Waals surface area contributed by atoms with Gasteiger partial charge in [0.1, 0.15) is 0 Å². The lowest BCUT2D eigenvalue weighted by atomic mass is 10.2. The molecule has 1 fully saturated rings. The summed E-state index contributed by atoms with van der Waals surface area (Å²) in [7, 11) is -3.38. The molecular weight excluding hydrogens is 367 g/mol. The molecule has 0 saturated carbocycles. The van der Waals surface area contributed by atoms with E-state index in [0.29, 0.717) is 28.7 Å². The summed E-state index contributed by atoms with van der Waals surface area (Å²) < 4.78 is 26.8. The van der Waals surface area contributed by atoms with Crippen molar-refractivity contribution in [1.29, 1.82) is 0 Å². The Morgan fingerprint density at radius 1 is 1.08 bits per heavy atom. The summed E-state index contributed by atoms with van der Waals surface area (Å²) in [4.78, 5) is 0. The molecule has 0 spiro atoms. The Kier molecular flexibility index (Phi) is 5.35. The third kappa shape index (κ3) is 4.22. The molecule has 3 rings (SSSR count). The van der Waals surface area contributed by atoms with Gasteiger partial charge >= 0.3 is 0 Å². The topological polar surface area (TPSA) is 49.4 Å². The quantitative estimate of drug-likeness (QED) is 0.846. The molecule has 1 aliphatic heterocycles. The molecule has 1 heterocycles. The molecule has 0 aromatic heterocycles. The van der Waals surface area contributed by atoms with Crippen molar-refractivity contribution in [2.45, 2.75) is 18.2 Å². The normalized spacial score (nSPS) is 18.7. The van der Waals surface area contributed by atoms with Gasteiger partial charge in [0.15, 0.2) is 0 Å². The zero-order chi connectivity index (χ0) is 17.2. The highest BCUT2D eigenvalue weighted by Gasteiger charge is 2.31. The summed E-state index contributed by atoms with van der Waals surface area (Å²) in [5.41, 5.74) is 1.65. The molecule has 0 amide bonds. The highest BCUT2D eigenvalue weighted by molar-refractivity contribution is 7.88. The Hall–Kier alpha value is -1.27. The fourth-order valence-electron chi connectivity index (χ4n) is 2.80. The maximum Gasteiger partial charge on any atom is 0.218 e. The second-order valence-electron chi connectivity index (χ2n) is 5.86. The summed E-state index contributed by atoms with van der Waals surface area (Å²) in [6, 6.07) is 14.9. The Balaban J connectivity index is 1.64. The van der Waals surface area contributed by atoms with Crippen LogP contribution in [-0.2, 0) is 15.8 Å². The first-order valence-corrected chi connectivity index (χ1v) is 10.0. The summed E-state index contributed by atoms with van der Waals surface area (Å²) in [6.45, 7) is 0.993. The molecule has 0 radical (unpaired) electrons. The summed E-state index contributed by atoms with van der Waals surface area (Å²) in [6.07, 6.45) is 0.787. The molecule has 2 aromatic rings. The number of sulfonamides is 1. The second kappa shape index (κ2) is 7.31. The van der Waals surface area contributed by atoms with Gasteiger partial charge in [-0.3, -0.25) is 0 Å². The highest BCUT2D eigenvalue weighted by atomic mass is 35.5. The van der Waals surface area contributed by atoms with E-state index in [0.717, 1.165) is 12.1 Å². The van der Waals surface area contributed by atoms with Gasteiger partial charge in [0.25, 0.3) is 0 Å². The van der Waals surface area contributed by atoms with Gasteiger partial charge in [-0.15, -0.1) is 0 Å². The van der Waals surface area contributed by atoms with Crippen molar-refractivity contribution in [1.82, 2.24) is 4.31 Å². The summed E-state index contributed by atoms with van der Waals surface area (Å²) in [5, 5.41) is 4.17. The molecule has 4 nitrogen and oxygen atoms in total. The van der Waals surface area contributed by atoms with Crippen molar-refractivity contribution >= 4 is 38.9 Å². The number of para-hydroxylation sites is 1. The van der Waals surface area contributed by atoms with Gasteiger partial charge in [-0.1, -0.05) is 47.5 Å². The van der Waals surface area contributed by atoms with Crippen molar-refractivity contribution in [3.05, 3.63) is 64.1 Å². The lowest BCUT2D eigenvalue weighted by molar-refractivity contribution is 0.473. The summed E-state index contributed by atoms with van der Waals surface area (Å²) >= 11 is 11.8. The molecule has 0 aliphatic carbocycles. The van der Waals surface area contributed by atoms with Crippen molar-refractivity contribution in [2.24, 2.45) is 0 Å². The number of anilines is 1. The van der Waals surface area contributed by atoms with Crippen LogP contribution in [-0.4, -0.2) is 31.9 Å². The lowest BCUT2D eigenvalue weighted by Crippen LogP contribution is -2.32. The van der Waals surface area contributed by atoms with Gasteiger partial charge in [-0.2, -0.15) is 4.31 Å². The molecular formula is C17H18Cl2N2O2S. The first-order valence-electron chi connectivity index (χ1n) is 7.67. The van der Waals surface area contributed by atoms with Crippen LogP contribution in [0.25, 0.3) is 0 Å². The number of benzene rings is 2. The molecule has 0 bridgehead atoms. The van der Waals surface area contributed by atoms with Crippen molar-refractivity contribution in [2.75, 3.05) is 18.4 Å². The molecule has 1 unspecified atom stereocenters. The lowest BCUT2D eigenvalue weighted by Gasteiger charge is -2.18. The molecule has 1 aliphatic rings. The minimum atomic E-state index is -3.38. The van der Waals surface area contributed by atoms with Crippen molar-refractivity contribution in [3.63, 3.8) is 0 Å². The zero-order valence-corrected chi connectivity index (χ0v) is 15.3. The van der Waals surface area contributed by atoms with Gasteiger partial charge in [0, 0.05) is 24.8 Å². The minimum absolute atomic E-state index is 0.0675. The largest absolute Gasteiger partial charge is 0.381 e. The number of nitrogens with one attached hydrogen (secondary N) is 1. The van der Waals surface area contributed by atoms with E-state index in [2.05, 4.69) is 5.32 Å². The monoisotopic (exact) mass is 384 g/mol. The SMILES string of the molecule is O=S(=O)(Cc1ccc(Cl)c(Cl)c1)N1CCC(Nc2ccccc2)C1. The average Bonchev–Trinajstić information content (AvgIpc) is 3.01. The van der Waals surface area contributed by atoms with Crippen LogP contribution < -0.4 is 5.32 Å². The predicted octanol–water partition coefficient (Wildman–Crippen LogP) is 4.01. The Morgan fingerprint density at radius 2 is 1.83 bits per heavy atom. The van der Waals surface area contributed by atoms with Crippen LogP contribution in [0.5, 0.6) is 0 Å². The Bertz CT molecular complexity index is 813. The van der Waals surface area contributed by atoms with E-state index < -0.39 is 10.0 Å². The molecule has 7 heteroatoms. The predicted molar refractivity (Wildman–Crippen MR) is 99.1 cm³/mol. The van der Waals surface area contributed by atoms with Crippen LogP contribution >= 0.6 is 23.2 Å². The Labute approximate surface area is 152 Å². The van der Waals surface area contributed by atoms with Gasteiger partial charge < -0.3 is 5.32 Å². The second-order valence-corrected chi connectivity index (χ2v) is 8.64. The van der Waals surface area contributed by atoms with E-state index in [4.69, 9.17) is 23.2 Å². The van der Waals surface area contributed by atoms with Gasteiger partial charge in [0.05, 0.1) is 15.8 Å². The minimum Gasteiger partial charge on any atom is -0.381 e. The van der Waals surface area contributed by atoms with E-state index in [1.165, 1.54) is 4.31 Å². The van der Waals surface area contributed by atoms with Crippen LogP contribution in [0.3, 0.4) is 0 Å². The summed E-state index contributed by atoms with van der Waals surface area (Å²) in [5.74, 6) is -0.0675. The highest BCUT2D eigenvalue weighted by Crippen LogP contribution is 2.25.